The van der Waals surface area contributed by atoms with Gasteiger partial charge in [-0.3, -0.25) is 0 Å². The fourth-order valence-corrected chi connectivity index (χ4v) is 14.3. The molecule has 8 bridgehead atoms. The van der Waals surface area contributed by atoms with E-state index in [9.17, 15) is 30.0 Å². The molecule has 8 saturated carbocycles. The number of phenolic OH excluding ortho intramolecular Hbond substituents is 2. The summed E-state index contributed by atoms with van der Waals surface area (Å²) in [6.07, 6.45) is 15.7. The van der Waals surface area contributed by atoms with Gasteiger partial charge in [0.25, 0.3) is 0 Å². The van der Waals surface area contributed by atoms with Crippen LogP contribution in [0, 0.1) is 35.5 Å². The molecule has 14 rings (SSSR count). The summed E-state index contributed by atoms with van der Waals surface area (Å²) >= 11 is 0. The number of rotatable bonds is 6. The van der Waals surface area contributed by atoms with E-state index >= 15 is 0 Å². The van der Waals surface area contributed by atoms with E-state index in [2.05, 4.69) is 36.4 Å². The summed E-state index contributed by atoms with van der Waals surface area (Å²) in [5.74, 6) is 4.12. The third kappa shape index (κ3) is 6.45. The van der Waals surface area contributed by atoms with Crippen molar-refractivity contribution in [3.63, 3.8) is 0 Å². The van der Waals surface area contributed by atoms with E-state index in [-0.39, 0.29) is 10.8 Å². The lowest BCUT2D eigenvalue weighted by Gasteiger charge is -2.57. The van der Waals surface area contributed by atoms with Crippen molar-refractivity contribution in [3.05, 3.63) is 131 Å². The Balaban J connectivity index is 0.000000136. The Morgan fingerprint density at radius 1 is 0.383 bits per heavy atom. The third-order valence-electron chi connectivity index (χ3n) is 16.1. The average Bonchev–Trinajstić information content (AvgIpc) is 3.22. The number of hydrogen-bond donors (Lipinski definition) is 4. The van der Waals surface area contributed by atoms with Crippen LogP contribution in [-0.2, 0) is 10.8 Å². The maximum Gasteiger partial charge on any atom is 0.335 e. The predicted octanol–water partition coefficient (Wildman–Crippen LogP) is 12.8. The highest BCUT2D eigenvalue weighted by Gasteiger charge is 2.53. The molecule has 8 aliphatic carbocycles. The van der Waals surface area contributed by atoms with Gasteiger partial charge in [-0.15, -0.1) is 0 Å². The second-order valence-corrected chi connectivity index (χ2v) is 20.0. The molecule has 6 heteroatoms. The largest absolute Gasteiger partial charge is 0.508 e. The third-order valence-corrected chi connectivity index (χ3v) is 16.1. The second-order valence-electron chi connectivity index (χ2n) is 20.0. The van der Waals surface area contributed by atoms with Crippen LogP contribution >= 0.6 is 0 Å². The molecule has 0 heterocycles. The highest BCUT2D eigenvalue weighted by Crippen LogP contribution is 2.63. The second kappa shape index (κ2) is 14.0. The van der Waals surface area contributed by atoms with Crippen molar-refractivity contribution < 1.29 is 30.0 Å². The van der Waals surface area contributed by atoms with Gasteiger partial charge in [0.05, 0.1) is 11.1 Å². The first-order valence-corrected chi connectivity index (χ1v) is 22.2. The Morgan fingerprint density at radius 3 is 1.00 bits per heavy atom. The van der Waals surface area contributed by atoms with Gasteiger partial charge in [0.1, 0.15) is 11.5 Å². The maximum absolute atomic E-state index is 11.2. The summed E-state index contributed by atoms with van der Waals surface area (Å²) in [6.45, 7) is 0. The van der Waals surface area contributed by atoms with Crippen molar-refractivity contribution >= 4 is 33.5 Å². The molecule has 60 heavy (non-hydrogen) atoms. The van der Waals surface area contributed by atoms with E-state index in [1.165, 1.54) is 77.0 Å². The number of phenols is 2. The number of carboxylic acids is 2. The van der Waals surface area contributed by atoms with Gasteiger partial charge >= 0.3 is 11.9 Å². The quantitative estimate of drug-likeness (QED) is 0.133. The molecule has 0 aromatic heterocycles. The molecule has 0 spiro atoms. The summed E-state index contributed by atoms with van der Waals surface area (Å²) < 4.78 is 0. The van der Waals surface area contributed by atoms with E-state index in [0.717, 1.165) is 90.4 Å². The van der Waals surface area contributed by atoms with Gasteiger partial charge in [0, 0.05) is 11.1 Å². The van der Waals surface area contributed by atoms with E-state index in [4.69, 9.17) is 0 Å². The van der Waals surface area contributed by atoms with Crippen LogP contribution in [0.3, 0.4) is 0 Å². The van der Waals surface area contributed by atoms with Gasteiger partial charge in [-0.25, -0.2) is 9.59 Å². The summed E-state index contributed by atoms with van der Waals surface area (Å²) in [5.41, 5.74) is 7.71. The number of aromatic carboxylic acids is 2. The number of benzene rings is 6. The highest BCUT2D eigenvalue weighted by molar-refractivity contribution is 5.97. The van der Waals surface area contributed by atoms with Crippen molar-refractivity contribution in [3.8, 4) is 33.8 Å². The molecule has 8 fully saturated rings. The summed E-state index contributed by atoms with van der Waals surface area (Å²) in [4.78, 5) is 22.5. The van der Waals surface area contributed by atoms with Crippen molar-refractivity contribution in [2.24, 2.45) is 35.5 Å². The topological polar surface area (TPSA) is 115 Å². The van der Waals surface area contributed by atoms with E-state index in [1.807, 2.05) is 48.5 Å². The number of carbonyl (C=O) groups is 2. The molecule has 6 nitrogen and oxygen atoms in total. The van der Waals surface area contributed by atoms with Crippen LogP contribution in [0.4, 0.5) is 0 Å². The van der Waals surface area contributed by atoms with Crippen molar-refractivity contribution in [2.75, 3.05) is 0 Å². The number of aromatic hydroxyl groups is 2. The zero-order chi connectivity index (χ0) is 40.9. The van der Waals surface area contributed by atoms with Crippen LogP contribution in [-0.4, -0.2) is 32.4 Å². The van der Waals surface area contributed by atoms with Crippen molar-refractivity contribution in [1.29, 1.82) is 0 Å². The predicted molar refractivity (Wildman–Crippen MR) is 236 cm³/mol. The molecule has 4 N–H and O–H groups in total. The Labute approximate surface area is 350 Å². The molecular weight excluding hydrogens is 745 g/mol. The minimum atomic E-state index is -0.903. The average molecular weight is 797 g/mol. The van der Waals surface area contributed by atoms with Crippen molar-refractivity contribution in [1.82, 2.24) is 0 Å². The molecular formula is C54H52O6. The number of carboxylic acid groups (broad SMARTS) is 2. The van der Waals surface area contributed by atoms with Gasteiger partial charge in [-0.2, -0.15) is 0 Å². The van der Waals surface area contributed by atoms with Crippen LogP contribution in [0.2, 0.25) is 0 Å². The molecule has 6 aromatic rings. The van der Waals surface area contributed by atoms with Gasteiger partial charge in [0.15, 0.2) is 0 Å². The minimum Gasteiger partial charge on any atom is -0.508 e. The van der Waals surface area contributed by atoms with Crippen molar-refractivity contribution in [2.45, 2.75) is 87.9 Å². The Morgan fingerprint density at radius 2 is 0.667 bits per heavy atom. The Kier molecular flexibility index (Phi) is 8.71. The molecule has 8 aliphatic rings. The fourth-order valence-electron chi connectivity index (χ4n) is 14.3. The lowest BCUT2D eigenvalue weighted by molar-refractivity contribution is -0.00626. The molecule has 304 valence electrons. The summed E-state index contributed by atoms with van der Waals surface area (Å²) in [7, 11) is 0. The number of fused-ring (bicyclic) bond motifs is 2. The Bertz CT molecular complexity index is 2470. The lowest BCUT2D eigenvalue weighted by Crippen LogP contribution is -2.48. The van der Waals surface area contributed by atoms with Crippen LogP contribution < -0.4 is 0 Å². The highest BCUT2D eigenvalue weighted by atomic mass is 16.4. The zero-order valence-electron chi connectivity index (χ0n) is 33.9. The van der Waals surface area contributed by atoms with Gasteiger partial charge < -0.3 is 20.4 Å². The van der Waals surface area contributed by atoms with E-state index in [1.54, 1.807) is 24.3 Å². The normalized spacial score (nSPS) is 29.4. The maximum atomic E-state index is 11.2. The smallest absolute Gasteiger partial charge is 0.335 e. The first-order chi connectivity index (χ1) is 29.0. The lowest BCUT2D eigenvalue weighted by atomic mass is 9.48. The molecule has 0 atom stereocenters. The van der Waals surface area contributed by atoms with Crippen LogP contribution in [0.25, 0.3) is 43.8 Å². The standard InChI is InChI=1S/2C27H26O3/c2*28-25-6-5-22(20-1-2-21-11-23(26(29)30)4-3-19(21)10-20)12-24(25)27-13-16-7-17(14-27)9-18(8-16)15-27/h2*1-6,10-12,16-18,28H,7-9,13-15H2,(H,29,30). The molecule has 0 radical (unpaired) electrons. The first kappa shape index (κ1) is 37.4. The van der Waals surface area contributed by atoms with Crippen LogP contribution in [0.15, 0.2) is 109 Å². The number of hydrogen-bond acceptors (Lipinski definition) is 4. The molecule has 0 aliphatic heterocycles. The first-order valence-electron chi connectivity index (χ1n) is 22.2. The van der Waals surface area contributed by atoms with Gasteiger partial charge in [-0.05, 0) is 228 Å². The minimum absolute atomic E-state index is 0.155. The van der Waals surface area contributed by atoms with E-state index < -0.39 is 11.9 Å². The summed E-state index contributed by atoms with van der Waals surface area (Å²) in [5, 5.41) is 44.1. The van der Waals surface area contributed by atoms with Crippen LogP contribution in [0.1, 0.15) is 109 Å². The Hall–Kier alpha value is -5.62. The van der Waals surface area contributed by atoms with Gasteiger partial charge in [0.2, 0.25) is 0 Å². The summed E-state index contributed by atoms with van der Waals surface area (Å²) in [6, 6.07) is 35.1. The van der Waals surface area contributed by atoms with E-state index in [0.29, 0.717) is 22.6 Å². The molecule has 0 saturated heterocycles. The molecule has 6 aromatic carbocycles. The van der Waals surface area contributed by atoms with Gasteiger partial charge in [-0.1, -0.05) is 48.5 Å². The zero-order valence-corrected chi connectivity index (χ0v) is 33.9. The molecule has 0 amide bonds. The molecule has 0 unspecified atom stereocenters. The SMILES string of the molecule is O=C(O)c1ccc2cc(-c3ccc(O)c(C45CC6CC(CC(C6)C4)C5)c3)ccc2c1.O=C(O)c1ccc2cc(-c3ccc(O)c(C45CC6CC(CC(C6)C4)C5)c3)ccc2c1. The van der Waals surface area contributed by atoms with Crippen LogP contribution in [0.5, 0.6) is 11.5 Å². The fraction of sp³-hybridized carbons (Fsp3) is 0.370. The monoisotopic (exact) mass is 796 g/mol.